The van der Waals surface area contributed by atoms with Gasteiger partial charge in [-0.05, 0) is 30.7 Å². The van der Waals surface area contributed by atoms with Crippen molar-refractivity contribution < 1.29 is 0 Å². The molecule has 0 atom stereocenters. The molecule has 0 spiro atoms. The second kappa shape index (κ2) is 6.57. The van der Waals surface area contributed by atoms with Crippen LogP contribution in [0.5, 0.6) is 0 Å². The van der Waals surface area contributed by atoms with E-state index in [1.54, 1.807) is 0 Å². The standard InChI is InChI=1S/C23H19NS2/c1-2-15-24-18-11-5-3-9-16(18)22(17-10-4-6-12-19(17)24)23-25-20-13-7-8-14-21(20)26-23/h3-14H,2,15H2,1H3. The summed E-state index contributed by atoms with van der Waals surface area (Å²) in [6.07, 6.45) is 1.13. The zero-order valence-electron chi connectivity index (χ0n) is 14.6. The molecular weight excluding hydrogens is 354 g/mol. The molecular formula is C23H19NS2. The highest BCUT2D eigenvalue weighted by molar-refractivity contribution is 8.25. The second-order valence-electron chi connectivity index (χ2n) is 6.50. The van der Waals surface area contributed by atoms with E-state index in [4.69, 9.17) is 0 Å². The highest BCUT2D eigenvalue weighted by Gasteiger charge is 2.30. The van der Waals surface area contributed by atoms with Crippen LogP contribution >= 0.6 is 23.5 Å². The van der Waals surface area contributed by atoms with Crippen LogP contribution in [0.15, 0.2) is 86.8 Å². The third-order valence-electron chi connectivity index (χ3n) is 4.83. The van der Waals surface area contributed by atoms with E-state index in [0.29, 0.717) is 0 Å². The molecule has 0 fully saturated rings. The van der Waals surface area contributed by atoms with E-state index in [9.17, 15) is 0 Å². The Labute approximate surface area is 163 Å². The van der Waals surface area contributed by atoms with Crippen LogP contribution in [0.25, 0.3) is 5.57 Å². The zero-order chi connectivity index (χ0) is 17.5. The summed E-state index contributed by atoms with van der Waals surface area (Å²) in [5.74, 6) is 0. The van der Waals surface area contributed by atoms with Crippen molar-refractivity contribution in [2.24, 2.45) is 0 Å². The van der Waals surface area contributed by atoms with E-state index >= 15 is 0 Å². The van der Waals surface area contributed by atoms with Crippen molar-refractivity contribution in [2.75, 3.05) is 11.4 Å². The maximum Gasteiger partial charge on any atom is 0.0585 e. The fraction of sp³-hybridized carbons (Fsp3) is 0.130. The highest BCUT2D eigenvalue weighted by Crippen LogP contribution is 2.57. The summed E-state index contributed by atoms with van der Waals surface area (Å²) in [6.45, 7) is 3.29. The molecule has 0 saturated heterocycles. The third-order valence-corrected chi connectivity index (χ3v) is 7.39. The smallest absolute Gasteiger partial charge is 0.0585 e. The van der Waals surface area contributed by atoms with Gasteiger partial charge in [0.15, 0.2) is 0 Å². The van der Waals surface area contributed by atoms with E-state index < -0.39 is 0 Å². The topological polar surface area (TPSA) is 3.24 Å². The van der Waals surface area contributed by atoms with E-state index in [2.05, 4.69) is 84.6 Å². The fourth-order valence-electron chi connectivity index (χ4n) is 3.74. The molecule has 3 aromatic carbocycles. The Morgan fingerprint density at radius 3 is 1.73 bits per heavy atom. The van der Waals surface area contributed by atoms with Crippen LogP contribution in [-0.4, -0.2) is 6.54 Å². The molecule has 26 heavy (non-hydrogen) atoms. The molecule has 2 aliphatic rings. The van der Waals surface area contributed by atoms with Crippen molar-refractivity contribution in [2.45, 2.75) is 23.1 Å². The fourth-order valence-corrected chi connectivity index (χ4v) is 6.37. The Hall–Kier alpha value is -2.10. The van der Waals surface area contributed by atoms with Crippen LogP contribution < -0.4 is 4.90 Å². The van der Waals surface area contributed by atoms with Gasteiger partial charge in [-0.15, -0.1) is 0 Å². The summed E-state index contributed by atoms with van der Waals surface area (Å²) in [4.78, 5) is 5.21. The van der Waals surface area contributed by atoms with E-state index in [1.807, 2.05) is 23.5 Å². The van der Waals surface area contributed by atoms with Gasteiger partial charge in [0, 0.05) is 44.4 Å². The summed E-state index contributed by atoms with van der Waals surface area (Å²) in [5, 5.41) is 0. The number of para-hydroxylation sites is 2. The van der Waals surface area contributed by atoms with Crippen LogP contribution in [0.1, 0.15) is 24.5 Å². The van der Waals surface area contributed by atoms with Crippen molar-refractivity contribution in [3.05, 3.63) is 88.2 Å². The quantitative estimate of drug-likeness (QED) is 0.469. The van der Waals surface area contributed by atoms with Crippen LogP contribution in [0.2, 0.25) is 0 Å². The Kier molecular flexibility index (Phi) is 4.07. The molecule has 0 unspecified atom stereocenters. The first-order valence-corrected chi connectivity index (χ1v) is 10.7. The highest BCUT2D eigenvalue weighted by atomic mass is 32.2. The first-order chi connectivity index (χ1) is 12.9. The number of rotatable bonds is 2. The van der Waals surface area contributed by atoms with Gasteiger partial charge in [0.05, 0.1) is 4.24 Å². The first kappa shape index (κ1) is 16.1. The molecule has 128 valence electrons. The first-order valence-electron chi connectivity index (χ1n) is 9.02. The molecule has 0 radical (unpaired) electrons. The summed E-state index contributed by atoms with van der Waals surface area (Å²) in [7, 11) is 0. The van der Waals surface area contributed by atoms with Gasteiger partial charge in [0.2, 0.25) is 0 Å². The van der Waals surface area contributed by atoms with Gasteiger partial charge >= 0.3 is 0 Å². The number of hydrogen-bond acceptors (Lipinski definition) is 3. The van der Waals surface area contributed by atoms with Gasteiger partial charge in [-0.3, -0.25) is 0 Å². The Morgan fingerprint density at radius 1 is 0.692 bits per heavy atom. The molecule has 0 N–H and O–H groups in total. The number of fused-ring (bicyclic) bond motifs is 3. The predicted octanol–water partition coefficient (Wildman–Crippen LogP) is 7.16. The lowest BCUT2D eigenvalue weighted by Gasteiger charge is -2.35. The van der Waals surface area contributed by atoms with Crippen LogP contribution in [0, 0.1) is 0 Å². The van der Waals surface area contributed by atoms with Crippen LogP contribution in [0.3, 0.4) is 0 Å². The lowest BCUT2D eigenvalue weighted by Crippen LogP contribution is -2.23. The SMILES string of the molecule is CCCN1c2ccccc2C(=C2Sc3ccccc3S2)c2ccccc21. The van der Waals surface area contributed by atoms with Crippen molar-refractivity contribution in [3.63, 3.8) is 0 Å². The minimum absolute atomic E-state index is 1.04. The normalized spacial score (nSPS) is 14.9. The van der Waals surface area contributed by atoms with Crippen molar-refractivity contribution in [1.82, 2.24) is 0 Å². The van der Waals surface area contributed by atoms with Gasteiger partial charge in [-0.25, -0.2) is 0 Å². The summed E-state index contributed by atoms with van der Waals surface area (Å²) >= 11 is 3.82. The van der Waals surface area contributed by atoms with Gasteiger partial charge in [-0.2, -0.15) is 0 Å². The van der Waals surface area contributed by atoms with Crippen LogP contribution in [-0.2, 0) is 0 Å². The lowest BCUT2D eigenvalue weighted by molar-refractivity contribution is 0.879. The molecule has 0 bridgehead atoms. The third kappa shape index (κ3) is 2.50. The van der Waals surface area contributed by atoms with Gasteiger partial charge in [0.1, 0.15) is 0 Å². The molecule has 0 aliphatic carbocycles. The van der Waals surface area contributed by atoms with Crippen LogP contribution in [0.4, 0.5) is 11.4 Å². The number of hydrogen-bond donors (Lipinski definition) is 0. The largest absolute Gasteiger partial charge is 0.340 e. The lowest BCUT2D eigenvalue weighted by atomic mass is 9.91. The average molecular weight is 374 g/mol. The molecule has 3 heteroatoms. The summed E-state index contributed by atoms with van der Waals surface area (Å²) in [5.41, 5.74) is 6.74. The number of benzene rings is 3. The predicted molar refractivity (Wildman–Crippen MR) is 114 cm³/mol. The van der Waals surface area contributed by atoms with Crippen molar-refractivity contribution in [1.29, 1.82) is 0 Å². The monoisotopic (exact) mass is 373 g/mol. The van der Waals surface area contributed by atoms with E-state index in [1.165, 1.54) is 42.1 Å². The maximum absolute atomic E-state index is 2.48. The van der Waals surface area contributed by atoms with Gasteiger partial charge < -0.3 is 4.90 Å². The van der Waals surface area contributed by atoms with Crippen molar-refractivity contribution in [3.8, 4) is 0 Å². The molecule has 3 aromatic rings. The van der Waals surface area contributed by atoms with E-state index in [0.717, 1.165) is 13.0 Å². The summed E-state index contributed by atoms with van der Waals surface area (Å²) < 4.78 is 1.39. The molecule has 0 amide bonds. The Morgan fingerprint density at radius 2 is 1.19 bits per heavy atom. The maximum atomic E-state index is 2.48. The molecule has 5 rings (SSSR count). The number of thioether (sulfide) groups is 2. The molecule has 0 aromatic heterocycles. The number of anilines is 2. The molecule has 1 nitrogen and oxygen atoms in total. The molecule has 2 heterocycles. The minimum Gasteiger partial charge on any atom is -0.340 e. The zero-order valence-corrected chi connectivity index (χ0v) is 16.2. The second-order valence-corrected chi connectivity index (χ2v) is 8.86. The van der Waals surface area contributed by atoms with E-state index in [-0.39, 0.29) is 0 Å². The van der Waals surface area contributed by atoms with Crippen molar-refractivity contribution >= 4 is 40.5 Å². The molecule has 0 saturated carbocycles. The number of nitrogens with zero attached hydrogens (tertiary/aromatic N) is 1. The molecule has 2 aliphatic heterocycles. The van der Waals surface area contributed by atoms with Gasteiger partial charge in [-0.1, -0.05) is 79.0 Å². The summed E-state index contributed by atoms with van der Waals surface area (Å²) in [6, 6.07) is 26.4. The van der Waals surface area contributed by atoms with Gasteiger partial charge in [0.25, 0.3) is 0 Å². The Balaban J connectivity index is 1.75. The minimum atomic E-state index is 1.04. The average Bonchev–Trinajstić information content (AvgIpc) is 3.11. The Bertz CT molecular complexity index is 945.